The summed E-state index contributed by atoms with van der Waals surface area (Å²) in [6.45, 7) is 2.89. The van der Waals surface area contributed by atoms with Crippen molar-refractivity contribution in [3.63, 3.8) is 0 Å². The van der Waals surface area contributed by atoms with Gasteiger partial charge in [0.1, 0.15) is 11.5 Å². The van der Waals surface area contributed by atoms with Crippen molar-refractivity contribution in [2.45, 2.75) is 13.0 Å². The molecule has 1 aliphatic heterocycles. The number of ether oxygens (including phenoxy) is 1. The first-order valence-electron chi connectivity index (χ1n) is 8.96. The first-order valence-corrected chi connectivity index (χ1v) is 9.84. The number of hydrogen-bond acceptors (Lipinski definition) is 6. The Balaban J connectivity index is 2.10. The third-order valence-corrected chi connectivity index (χ3v) is 5.73. The summed E-state index contributed by atoms with van der Waals surface area (Å²) in [7, 11) is 5.41. The van der Waals surface area contributed by atoms with Crippen molar-refractivity contribution in [1.29, 1.82) is 0 Å². The molecule has 1 aromatic heterocycles. The topological polar surface area (TPSA) is 70.1 Å². The minimum absolute atomic E-state index is 0.135. The number of hydrogen-bond donors (Lipinski definition) is 1. The Morgan fingerprint density at radius 3 is 2.61 bits per heavy atom. The largest absolute Gasteiger partial charge is 0.507 e. The normalized spacial score (nSPS) is 18.9. The maximum atomic E-state index is 12.8. The van der Waals surface area contributed by atoms with Gasteiger partial charge in [0.2, 0.25) is 0 Å². The molecule has 0 spiro atoms. The minimum Gasteiger partial charge on any atom is -0.507 e. The molecule has 1 aliphatic rings. The van der Waals surface area contributed by atoms with E-state index in [4.69, 9.17) is 4.74 Å². The lowest BCUT2D eigenvalue weighted by atomic mass is 9.99. The van der Waals surface area contributed by atoms with E-state index in [1.807, 2.05) is 43.4 Å². The number of ketones is 1. The smallest absolute Gasteiger partial charge is 0.295 e. The van der Waals surface area contributed by atoms with Crippen LogP contribution in [-0.2, 0) is 9.59 Å². The molecule has 2 heterocycles. The molecule has 0 saturated carbocycles. The van der Waals surface area contributed by atoms with E-state index in [9.17, 15) is 14.7 Å². The number of rotatable bonds is 6. The Hall–Kier alpha value is -2.64. The van der Waals surface area contributed by atoms with Crippen molar-refractivity contribution in [1.82, 2.24) is 9.80 Å². The standard InChI is InChI=1S/C21H24N2O4S/c1-13-12-14(7-8-15(13)27-4)19(24)17-18(16-6-5-11-28-16)23(10-9-22(2)3)21(26)20(17)25/h5-8,11-12,18,24H,9-10H2,1-4H3/b19-17+. The van der Waals surface area contributed by atoms with Crippen molar-refractivity contribution in [2.24, 2.45) is 0 Å². The monoisotopic (exact) mass is 400 g/mol. The Kier molecular flexibility index (Phi) is 5.86. The quantitative estimate of drug-likeness (QED) is 0.459. The minimum atomic E-state index is -0.650. The Morgan fingerprint density at radius 2 is 2.04 bits per heavy atom. The highest BCUT2D eigenvalue weighted by molar-refractivity contribution is 7.10. The Bertz CT molecular complexity index is 918. The fourth-order valence-electron chi connectivity index (χ4n) is 3.34. The lowest BCUT2D eigenvalue weighted by molar-refractivity contribution is -0.140. The molecule has 1 aromatic carbocycles. The summed E-state index contributed by atoms with van der Waals surface area (Å²) in [5.74, 6) is -0.692. The molecule has 28 heavy (non-hydrogen) atoms. The predicted molar refractivity (Wildman–Crippen MR) is 110 cm³/mol. The molecular formula is C21H24N2O4S. The number of amides is 1. The van der Waals surface area contributed by atoms with Gasteiger partial charge in [0.05, 0.1) is 18.7 Å². The molecule has 148 valence electrons. The molecule has 0 radical (unpaired) electrons. The van der Waals surface area contributed by atoms with Gasteiger partial charge in [0.15, 0.2) is 0 Å². The molecule has 1 saturated heterocycles. The lowest BCUT2D eigenvalue weighted by Crippen LogP contribution is -2.35. The maximum absolute atomic E-state index is 12.8. The van der Waals surface area contributed by atoms with E-state index in [1.54, 1.807) is 30.2 Å². The molecular weight excluding hydrogens is 376 g/mol. The highest BCUT2D eigenvalue weighted by Gasteiger charge is 2.46. The zero-order chi connectivity index (χ0) is 20.4. The number of likely N-dealkylation sites (N-methyl/N-ethyl adjacent to an activating group) is 1. The first kappa shape index (κ1) is 20.1. The third kappa shape index (κ3) is 3.68. The second-order valence-electron chi connectivity index (χ2n) is 7.00. The van der Waals surface area contributed by atoms with Crippen LogP contribution in [0.1, 0.15) is 22.0 Å². The van der Waals surface area contributed by atoms with Gasteiger partial charge in [-0.15, -0.1) is 11.3 Å². The maximum Gasteiger partial charge on any atom is 0.295 e. The Morgan fingerprint density at radius 1 is 1.29 bits per heavy atom. The lowest BCUT2D eigenvalue weighted by Gasteiger charge is -2.25. The van der Waals surface area contributed by atoms with Gasteiger partial charge in [-0.2, -0.15) is 0 Å². The number of aliphatic hydroxyl groups excluding tert-OH is 1. The molecule has 0 bridgehead atoms. The van der Waals surface area contributed by atoms with Crippen LogP contribution in [0.2, 0.25) is 0 Å². The van der Waals surface area contributed by atoms with Gasteiger partial charge in [0.25, 0.3) is 11.7 Å². The van der Waals surface area contributed by atoms with Crippen molar-refractivity contribution in [3.05, 3.63) is 57.3 Å². The molecule has 1 N–H and O–H groups in total. The molecule has 1 atom stereocenters. The van der Waals surface area contributed by atoms with Crippen LogP contribution in [0.25, 0.3) is 5.76 Å². The summed E-state index contributed by atoms with van der Waals surface area (Å²) in [5, 5.41) is 12.9. The second kappa shape index (κ2) is 8.16. The zero-order valence-electron chi connectivity index (χ0n) is 16.4. The molecule has 6 nitrogen and oxygen atoms in total. The van der Waals surface area contributed by atoms with E-state index in [0.29, 0.717) is 24.4 Å². The van der Waals surface area contributed by atoms with Crippen molar-refractivity contribution in [3.8, 4) is 5.75 Å². The zero-order valence-corrected chi connectivity index (χ0v) is 17.2. The van der Waals surface area contributed by atoms with Crippen molar-refractivity contribution < 1.29 is 19.4 Å². The number of nitrogens with zero attached hydrogens (tertiary/aromatic N) is 2. The number of aliphatic hydroxyl groups is 1. The van der Waals surface area contributed by atoms with Gasteiger partial charge in [-0.1, -0.05) is 6.07 Å². The van der Waals surface area contributed by atoms with Gasteiger partial charge in [0, 0.05) is 23.5 Å². The number of methoxy groups -OCH3 is 1. The number of likely N-dealkylation sites (tertiary alicyclic amines) is 1. The molecule has 1 unspecified atom stereocenters. The van der Waals surface area contributed by atoms with E-state index in [0.717, 1.165) is 10.4 Å². The van der Waals surface area contributed by atoms with E-state index in [1.165, 1.54) is 11.3 Å². The van der Waals surface area contributed by atoms with Crippen LogP contribution in [0.3, 0.4) is 0 Å². The number of benzene rings is 1. The van der Waals surface area contributed by atoms with Crippen LogP contribution in [-0.4, -0.2) is 60.9 Å². The molecule has 1 fully saturated rings. The van der Waals surface area contributed by atoms with Crippen LogP contribution in [0.4, 0.5) is 0 Å². The average molecular weight is 401 g/mol. The van der Waals surface area contributed by atoms with Crippen molar-refractivity contribution in [2.75, 3.05) is 34.3 Å². The van der Waals surface area contributed by atoms with E-state index >= 15 is 0 Å². The van der Waals surface area contributed by atoms with Gasteiger partial charge in [-0.25, -0.2) is 0 Å². The number of Topliss-reactive ketones (excluding diaryl/α,β-unsaturated/α-hetero) is 1. The van der Waals surface area contributed by atoms with Crippen molar-refractivity contribution >= 4 is 28.8 Å². The SMILES string of the molecule is COc1ccc(/C(O)=C2\C(=O)C(=O)N(CCN(C)C)C2c2cccs2)cc1C. The van der Waals surface area contributed by atoms with Gasteiger partial charge < -0.3 is 19.6 Å². The summed E-state index contributed by atoms with van der Waals surface area (Å²) in [6.07, 6.45) is 0. The highest BCUT2D eigenvalue weighted by atomic mass is 32.1. The number of aryl methyl sites for hydroxylation is 1. The van der Waals surface area contributed by atoms with Gasteiger partial charge in [-0.3, -0.25) is 9.59 Å². The second-order valence-corrected chi connectivity index (χ2v) is 7.97. The predicted octanol–water partition coefficient (Wildman–Crippen LogP) is 3.05. The molecule has 1 amide bonds. The van der Waals surface area contributed by atoms with E-state index in [-0.39, 0.29) is 11.3 Å². The summed E-state index contributed by atoms with van der Waals surface area (Å²) in [6, 6.07) is 8.38. The molecule has 2 aromatic rings. The fourth-order valence-corrected chi connectivity index (χ4v) is 4.19. The highest BCUT2D eigenvalue weighted by Crippen LogP contribution is 2.41. The summed E-state index contributed by atoms with van der Waals surface area (Å²) >= 11 is 1.46. The van der Waals surface area contributed by atoms with Crippen LogP contribution in [0, 0.1) is 6.92 Å². The van der Waals surface area contributed by atoms with Crippen LogP contribution < -0.4 is 4.74 Å². The number of carbonyl (C=O) groups is 2. The Labute approximate surface area is 168 Å². The molecule has 7 heteroatoms. The van der Waals surface area contributed by atoms with E-state index < -0.39 is 17.7 Å². The third-order valence-electron chi connectivity index (χ3n) is 4.81. The summed E-state index contributed by atoms with van der Waals surface area (Å²) in [5.41, 5.74) is 1.46. The number of carbonyl (C=O) groups excluding carboxylic acids is 2. The van der Waals surface area contributed by atoms with Gasteiger partial charge >= 0.3 is 0 Å². The summed E-state index contributed by atoms with van der Waals surface area (Å²) in [4.78, 5) is 29.9. The first-order chi connectivity index (χ1) is 13.3. The van der Waals surface area contributed by atoms with E-state index in [2.05, 4.69) is 0 Å². The average Bonchev–Trinajstić information content (AvgIpc) is 3.27. The van der Waals surface area contributed by atoms with Crippen LogP contribution in [0.5, 0.6) is 5.75 Å². The molecule has 3 rings (SSSR count). The van der Waals surface area contributed by atoms with Crippen LogP contribution in [0.15, 0.2) is 41.3 Å². The van der Waals surface area contributed by atoms with Crippen LogP contribution >= 0.6 is 11.3 Å². The molecule has 0 aliphatic carbocycles. The number of thiophene rings is 1. The summed E-state index contributed by atoms with van der Waals surface area (Å²) < 4.78 is 5.26. The van der Waals surface area contributed by atoms with Gasteiger partial charge in [-0.05, 0) is 56.2 Å². The fraction of sp³-hybridized carbons (Fsp3) is 0.333.